The van der Waals surface area contributed by atoms with Gasteiger partial charge in [-0.1, -0.05) is 6.07 Å². The Balaban J connectivity index is 0.00000243. The van der Waals surface area contributed by atoms with Crippen LogP contribution in [-0.4, -0.2) is 61.8 Å². The zero-order chi connectivity index (χ0) is 18.2. The maximum absolute atomic E-state index is 13.1. The van der Waals surface area contributed by atoms with E-state index in [9.17, 15) is 13.2 Å². The normalized spacial score (nSPS) is 24.3. The Morgan fingerprint density at radius 1 is 1.12 bits per heavy atom. The maximum Gasteiger partial charge on any atom is 0.243 e. The van der Waals surface area contributed by atoms with Crippen molar-refractivity contribution in [2.24, 2.45) is 0 Å². The quantitative estimate of drug-likeness (QED) is 0.813. The largest absolute Gasteiger partial charge is 0.342 e. The van der Waals surface area contributed by atoms with E-state index in [1.165, 1.54) is 0 Å². The summed E-state index contributed by atoms with van der Waals surface area (Å²) in [6, 6.07) is 5.51. The molecule has 2 aliphatic rings. The Morgan fingerprint density at radius 3 is 2.42 bits per heavy atom. The number of nitrogens with one attached hydrogen (secondary N) is 1. The smallest absolute Gasteiger partial charge is 0.243 e. The highest BCUT2D eigenvalue weighted by atomic mass is 35.5. The minimum absolute atomic E-state index is 0. The van der Waals surface area contributed by atoms with Crippen LogP contribution >= 0.6 is 12.4 Å². The van der Waals surface area contributed by atoms with Crippen LogP contribution in [0.15, 0.2) is 23.1 Å². The number of piperazine rings is 1. The number of amides is 1. The molecule has 0 radical (unpaired) electrons. The van der Waals surface area contributed by atoms with Crippen LogP contribution in [0.25, 0.3) is 0 Å². The summed E-state index contributed by atoms with van der Waals surface area (Å²) in [7, 11) is -3.51. The third-order valence-corrected chi connectivity index (χ3v) is 7.49. The van der Waals surface area contributed by atoms with Crippen molar-refractivity contribution in [1.29, 1.82) is 0 Å². The average molecular weight is 402 g/mol. The lowest BCUT2D eigenvalue weighted by molar-refractivity contribution is -0.128. The summed E-state index contributed by atoms with van der Waals surface area (Å²) in [6.45, 7) is 8.04. The summed E-state index contributed by atoms with van der Waals surface area (Å²) in [5, 5.41) is 3.32. The molecule has 1 saturated heterocycles. The Hall–Kier alpha value is -1.15. The molecule has 1 aromatic rings. The molecule has 1 amide bonds. The first-order valence-electron chi connectivity index (χ1n) is 8.93. The molecule has 1 aromatic carbocycles. The molecular formula is C18H28ClN3O3S. The molecule has 0 aromatic heterocycles. The van der Waals surface area contributed by atoms with E-state index in [1.54, 1.807) is 17.3 Å². The molecule has 2 atom stereocenters. The maximum atomic E-state index is 13.1. The fraction of sp³-hybridized carbons (Fsp3) is 0.611. The van der Waals surface area contributed by atoms with E-state index in [1.807, 2.05) is 30.9 Å². The first-order chi connectivity index (χ1) is 11.8. The van der Waals surface area contributed by atoms with Gasteiger partial charge in [-0.15, -0.1) is 12.4 Å². The van der Waals surface area contributed by atoms with Crippen molar-refractivity contribution in [3.05, 3.63) is 29.3 Å². The van der Waals surface area contributed by atoms with E-state index in [0.717, 1.165) is 17.5 Å². The number of carbonyl (C=O) groups is 1. The van der Waals surface area contributed by atoms with Gasteiger partial charge < -0.3 is 10.2 Å². The summed E-state index contributed by atoms with van der Waals surface area (Å²) >= 11 is 0. The Morgan fingerprint density at radius 2 is 1.77 bits per heavy atom. The van der Waals surface area contributed by atoms with Crippen molar-refractivity contribution >= 4 is 28.3 Å². The molecule has 2 unspecified atom stereocenters. The second-order valence-corrected chi connectivity index (χ2v) is 8.93. The van der Waals surface area contributed by atoms with E-state index in [-0.39, 0.29) is 30.4 Å². The van der Waals surface area contributed by atoms with Gasteiger partial charge in [0.15, 0.2) is 0 Å². The number of benzene rings is 1. The molecule has 2 aliphatic heterocycles. The lowest BCUT2D eigenvalue weighted by Crippen LogP contribution is -2.57. The predicted molar refractivity (Wildman–Crippen MR) is 104 cm³/mol. The van der Waals surface area contributed by atoms with E-state index in [0.29, 0.717) is 37.5 Å². The molecular weight excluding hydrogens is 374 g/mol. The van der Waals surface area contributed by atoms with Crippen molar-refractivity contribution in [2.75, 3.05) is 26.2 Å². The first-order valence-corrected chi connectivity index (χ1v) is 10.4. The third kappa shape index (κ3) is 4.06. The Labute approximate surface area is 162 Å². The van der Waals surface area contributed by atoms with Crippen LogP contribution < -0.4 is 5.32 Å². The molecule has 1 N–H and O–H groups in total. The molecule has 1 fully saturated rings. The predicted octanol–water partition coefficient (Wildman–Crippen LogP) is 1.43. The number of carbonyl (C=O) groups excluding carboxylic acids is 1. The lowest BCUT2D eigenvalue weighted by atomic mass is 10.0. The summed E-state index contributed by atoms with van der Waals surface area (Å²) in [5.41, 5.74) is 2.19. The van der Waals surface area contributed by atoms with Crippen LogP contribution in [0, 0.1) is 0 Å². The number of hydrogen-bond acceptors (Lipinski definition) is 4. The van der Waals surface area contributed by atoms with Crippen molar-refractivity contribution < 1.29 is 13.2 Å². The second kappa shape index (κ2) is 8.25. The summed E-state index contributed by atoms with van der Waals surface area (Å²) in [4.78, 5) is 13.8. The minimum atomic E-state index is -3.51. The molecule has 8 heteroatoms. The van der Waals surface area contributed by atoms with E-state index >= 15 is 0 Å². The van der Waals surface area contributed by atoms with Gasteiger partial charge in [-0.25, -0.2) is 8.42 Å². The molecule has 0 bridgehead atoms. The van der Waals surface area contributed by atoms with Crippen molar-refractivity contribution in [2.45, 2.75) is 50.6 Å². The number of nitrogens with zero attached hydrogens (tertiary/aromatic N) is 2. The summed E-state index contributed by atoms with van der Waals surface area (Å²) in [6.07, 6.45) is 1.47. The van der Waals surface area contributed by atoms with Crippen molar-refractivity contribution in [3.63, 3.8) is 0 Å². The van der Waals surface area contributed by atoms with Crippen LogP contribution in [0.2, 0.25) is 0 Å². The van der Waals surface area contributed by atoms with Crippen LogP contribution in [-0.2, 0) is 27.7 Å². The second-order valence-electron chi connectivity index (χ2n) is 7.04. The van der Waals surface area contributed by atoms with Gasteiger partial charge in [0.25, 0.3) is 0 Å². The highest BCUT2D eigenvalue weighted by molar-refractivity contribution is 7.89. The highest BCUT2D eigenvalue weighted by Crippen LogP contribution is 2.25. The van der Waals surface area contributed by atoms with Gasteiger partial charge in [-0.05, 0) is 49.9 Å². The number of halogens is 1. The molecule has 0 saturated carbocycles. The fourth-order valence-corrected chi connectivity index (χ4v) is 5.43. The SMILES string of the molecule is CC(=O)N1CCc2ccc(S(=O)(=O)N3CCNC(C)C3C)cc2CC1.Cl. The number of rotatable bonds is 2. The molecule has 2 heterocycles. The fourth-order valence-electron chi connectivity index (χ4n) is 3.68. The topological polar surface area (TPSA) is 69.7 Å². The van der Waals surface area contributed by atoms with Gasteiger partial charge in [-0.3, -0.25) is 4.79 Å². The van der Waals surface area contributed by atoms with Gasteiger partial charge >= 0.3 is 0 Å². The molecule has 6 nitrogen and oxygen atoms in total. The van der Waals surface area contributed by atoms with Gasteiger partial charge in [0.05, 0.1) is 4.90 Å². The number of fused-ring (bicyclic) bond motifs is 1. The summed E-state index contributed by atoms with van der Waals surface area (Å²) in [5.74, 6) is 0.0734. The highest BCUT2D eigenvalue weighted by Gasteiger charge is 2.34. The van der Waals surface area contributed by atoms with E-state index in [4.69, 9.17) is 0 Å². The van der Waals surface area contributed by atoms with Gasteiger partial charge in [0, 0.05) is 45.2 Å². The van der Waals surface area contributed by atoms with Crippen LogP contribution in [0.4, 0.5) is 0 Å². The van der Waals surface area contributed by atoms with Crippen molar-refractivity contribution in [3.8, 4) is 0 Å². The van der Waals surface area contributed by atoms with Crippen LogP contribution in [0.3, 0.4) is 0 Å². The van der Waals surface area contributed by atoms with E-state index in [2.05, 4.69) is 5.32 Å². The number of hydrogen-bond donors (Lipinski definition) is 1. The third-order valence-electron chi connectivity index (χ3n) is 5.51. The minimum Gasteiger partial charge on any atom is -0.342 e. The van der Waals surface area contributed by atoms with Gasteiger partial charge in [0.1, 0.15) is 0 Å². The molecule has 146 valence electrons. The lowest BCUT2D eigenvalue weighted by Gasteiger charge is -2.37. The molecule has 0 spiro atoms. The van der Waals surface area contributed by atoms with Gasteiger partial charge in [0.2, 0.25) is 15.9 Å². The summed E-state index contributed by atoms with van der Waals surface area (Å²) < 4.78 is 27.8. The number of sulfonamides is 1. The zero-order valence-corrected chi connectivity index (χ0v) is 17.2. The van der Waals surface area contributed by atoms with Crippen LogP contribution in [0.5, 0.6) is 0 Å². The standard InChI is InChI=1S/C18H27N3O3S.ClH/c1-13-14(2)21(11-8-19-13)25(23,24)18-5-4-16-6-9-20(15(3)22)10-7-17(16)12-18;/h4-5,12-14,19H,6-11H2,1-3H3;1H. The Bertz CT molecular complexity index is 769. The Kier molecular flexibility index (Phi) is 6.71. The van der Waals surface area contributed by atoms with Crippen LogP contribution in [0.1, 0.15) is 31.9 Å². The van der Waals surface area contributed by atoms with Crippen molar-refractivity contribution in [1.82, 2.24) is 14.5 Å². The molecule has 0 aliphatic carbocycles. The monoisotopic (exact) mass is 401 g/mol. The zero-order valence-electron chi connectivity index (χ0n) is 15.6. The first kappa shape index (κ1) is 21.2. The van der Waals surface area contributed by atoms with Gasteiger partial charge in [-0.2, -0.15) is 4.31 Å². The van der Waals surface area contributed by atoms with E-state index < -0.39 is 10.0 Å². The molecule has 26 heavy (non-hydrogen) atoms. The average Bonchev–Trinajstić information content (AvgIpc) is 2.79. The molecule has 3 rings (SSSR count).